The van der Waals surface area contributed by atoms with Crippen LogP contribution in [0, 0.1) is 0 Å². The molecule has 3 aromatic carbocycles. The van der Waals surface area contributed by atoms with Crippen LogP contribution in [0.15, 0.2) is 48.2 Å². The van der Waals surface area contributed by atoms with Gasteiger partial charge in [-0.15, -0.1) is 0 Å². The first-order valence-corrected chi connectivity index (χ1v) is 11.4. The van der Waals surface area contributed by atoms with Crippen molar-refractivity contribution in [2.75, 3.05) is 28.4 Å². The van der Waals surface area contributed by atoms with Crippen LogP contribution < -0.4 is 28.4 Å². The largest absolute Gasteiger partial charge is 0.504 e. The number of Topliss-reactive ketones (excluding diaryl/α,β-unsaturated/α-hetero) is 1. The number of ketones is 1. The molecule has 0 aliphatic carbocycles. The molecule has 9 nitrogen and oxygen atoms in total. The molecular weight excluding hydrogens is 480 g/mol. The fourth-order valence-corrected chi connectivity index (χ4v) is 4.69. The second-order valence-corrected chi connectivity index (χ2v) is 8.38. The molecular formula is C28H24O9. The van der Waals surface area contributed by atoms with Crippen LogP contribution in [0.4, 0.5) is 0 Å². The highest BCUT2D eigenvalue weighted by Gasteiger charge is 2.39. The third kappa shape index (κ3) is 3.98. The van der Waals surface area contributed by atoms with E-state index in [4.69, 9.17) is 28.4 Å². The van der Waals surface area contributed by atoms with E-state index in [0.29, 0.717) is 56.8 Å². The lowest BCUT2D eigenvalue weighted by Gasteiger charge is -2.26. The van der Waals surface area contributed by atoms with Crippen LogP contribution in [-0.4, -0.2) is 45.3 Å². The van der Waals surface area contributed by atoms with E-state index in [1.54, 1.807) is 42.5 Å². The third-order valence-corrected chi connectivity index (χ3v) is 6.41. The number of phenolic OH excluding ortho intramolecular Hbond substituents is 1. The lowest BCUT2D eigenvalue weighted by molar-refractivity contribution is -0.135. The van der Waals surface area contributed by atoms with Crippen molar-refractivity contribution in [3.8, 4) is 40.2 Å². The molecule has 2 aliphatic rings. The molecule has 0 fully saturated rings. The minimum absolute atomic E-state index is 0.00925. The Morgan fingerprint density at radius 3 is 2.27 bits per heavy atom. The predicted octanol–water partition coefficient (Wildman–Crippen LogP) is 4.48. The van der Waals surface area contributed by atoms with Gasteiger partial charge in [0.05, 0.1) is 40.4 Å². The lowest BCUT2D eigenvalue weighted by Crippen LogP contribution is -2.21. The topological polar surface area (TPSA) is 110 Å². The van der Waals surface area contributed by atoms with E-state index in [0.717, 1.165) is 0 Å². The smallest absolute Gasteiger partial charge is 0.312 e. The highest BCUT2D eigenvalue weighted by atomic mass is 16.5. The van der Waals surface area contributed by atoms with Crippen LogP contribution in [-0.2, 0) is 4.79 Å². The summed E-state index contributed by atoms with van der Waals surface area (Å²) in [5.41, 5.74) is 2.09. The molecule has 1 N–H and O–H groups in total. The molecule has 1 atom stereocenters. The molecule has 0 saturated carbocycles. The van der Waals surface area contributed by atoms with Crippen LogP contribution in [0.25, 0.3) is 6.08 Å². The summed E-state index contributed by atoms with van der Waals surface area (Å²) in [4.78, 5) is 25.8. The van der Waals surface area contributed by atoms with Crippen molar-refractivity contribution >= 4 is 17.8 Å². The zero-order chi connectivity index (χ0) is 26.3. The number of fused-ring (bicyclic) bond motifs is 3. The number of hydrogen-bond acceptors (Lipinski definition) is 9. The number of ether oxygens (including phenoxy) is 6. The van der Waals surface area contributed by atoms with Gasteiger partial charge >= 0.3 is 5.97 Å². The van der Waals surface area contributed by atoms with Gasteiger partial charge in [0.2, 0.25) is 11.5 Å². The summed E-state index contributed by atoms with van der Waals surface area (Å²) in [6.45, 7) is 0. The number of allylic oxidation sites excluding steroid dienone is 1. The molecule has 0 aromatic heterocycles. The van der Waals surface area contributed by atoms with Crippen LogP contribution in [0.5, 0.6) is 40.2 Å². The van der Waals surface area contributed by atoms with Gasteiger partial charge in [-0.25, -0.2) is 0 Å². The van der Waals surface area contributed by atoms with Gasteiger partial charge in [-0.3, -0.25) is 9.59 Å². The molecule has 2 aliphatic heterocycles. The van der Waals surface area contributed by atoms with Gasteiger partial charge in [0.15, 0.2) is 28.8 Å². The van der Waals surface area contributed by atoms with Crippen LogP contribution >= 0.6 is 0 Å². The van der Waals surface area contributed by atoms with E-state index in [1.165, 1.54) is 34.5 Å². The number of carbonyl (C=O) groups is 2. The maximum Gasteiger partial charge on any atom is 0.312 e. The number of carbonyl (C=O) groups excluding carboxylic acids is 2. The molecule has 190 valence electrons. The SMILES string of the molecule is COc1ccc([C@@H]2CC(=O)Oc3ccc4c(c32)O/C(=C\c2ccc(OC)c(OC)c2OC)C4=O)cc1O. The molecule has 3 aromatic rings. The molecule has 9 heteroatoms. The van der Waals surface area contributed by atoms with Crippen LogP contribution in [0.1, 0.15) is 39.4 Å². The summed E-state index contributed by atoms with van der Waals surface area (Å²) in [5.74, 6) is 0.889. The molecule has 37 heavy (non-hydrogen) atoms. The Labute approximate surface area is 212 Å². The monoisotopic (exact) mass is 504 g/mol. The first kappa shape index (κ1) is 24.1. The van der Waals surface area contributed by atoms with E-state index >= 15 is 0 Å². The fraction of sp³-hybridized carbons (Fsp3) is 0.214. The van der Waals surface area contributed by atoms with Gasteiger partial charge in [-0.05, 0) is 48.0 Å². The van der Waals surface area contributed by atoms with Crippen molar-refractivity contribution in [3.63, 3.8) is 0 Å². The normalized spacial score (nSPS) is 17.0. The number of benzene rings is 3. The van der Waals surface area contributed by atoms with E-state index in [1.807, 2.05) is 0 Å². The number of esters is 1. The summed E-state index contributed by atoms with van der Waals surface area (Å²) in [7, 11) is 5.96. The van der Waals surface area contributed by atoms with E-state index in [2.05, 4.69) is 0 Å². The van der Waals surface area contributed by atoms with E-state index < -0.39 is 11.9 Å². The number of aromatic hydroxyl groups is 1. The predicted molar refractivity (Wildman–Crippen MR) is 132 cm³/mol. The average molecular weight is 504 g/mol. The molecule has 0 spiro atoms. The van der Waals surface area contributed by atoms with Gasteiger partial charge < -0.3 is 33.5 Å². The summed E-state index contributed by atoms with van der Waals surface area (Å²) >= 11 is 0. The first-order valence-electron chi connectivity index (χ1n) is 11.4. The molecule has 0 radical (unpaired) electrons. The highest BCUT2D eigenvalue weighted by Crippen LogP contribution is 2.50. The third-order valence-electron chi connectivity index (χ3n) is 6.41. The minimum atomic E-state index is -0.509. The minimum Gasteiger partial charge on any atom is -0.504 e. The Balaban J connectivity index is 1.60. The average Bonchev–Trinajstić information content (AvgIpc) is 3.22. The highest BCUT2D eigenvalue weighted by molar-refractivity contribution is 6.15. The zero-order valence-corrected chi connectivity index (χ0v) is 20.6. The summed E-state index contributed by atoms with van der Waals surface area (Å²) in [6.07, 6.45) is 1.58. The van der Waals surface area contributed by atoms with Gasteiger partial charge in [-0.1, -0.05) is 6.07 Å². The fourth-order valence-electron chi connectivity index (χ4n) is 4.69. The molecule has 0 unspecified atom stereocenters. The van der Waals surface area contributed by atoms with Crippen LogP contribution in [0.2, 0.25) is 0 Å². The van der Waals surface area contributed by atoms with Crippen molar-refractivity contribution in [3.05, 3.63) is 70.5 Å². The molecule has 0 saturated heterocycles. The van der Waals surface area contributed by atoms with E-state index in [-0.39, 0.29) is 23.7 Å². The Morgan fingerprint density at radius 2 is 1.59 bits per heavy atom. The molecule has 0 bridgehead atoms. The Bertz CT molecular complexity index is 1450. The van der Waals surface area contributed by atoms with Gasteiger partial charge in [0.1, 0.15) is 11.5 Å². The van der Waals surface area contributed by atoms with Crippen molar-refractivity contribution in [2.24, 2.45) is 0 Å². The second-order valence-electron chi connectivity index (χ2n) is 8.38. The Kier molecular flexibility index (Phi) is 6.12. The Hall–Kier alpha value is -4.66. The quantitative estimate of drug-likeness (QED) is 0.295. The van der Waals surface area contributed by atoms with Crippen molar-refractivity contribution in [2.45, 2.75) is 12.3 Å². The van der Waals surface area contributed by atoms with Crippen LogP contribution in [0.3, 0.4) is 0 Å². The number of rotatable bonds is 6. The van der Waals surface area contributed by atoms with E-state index in [9.17, 15) is 14.7 Å². The molecule has 0 amide bonds. The second kappa shape index (κ2) is 9.42. The molecule has 5 rings (SSSR count). The number of hydrogen-bond donors (Lipinski definition) is 1. The number of methoxy groups -OCH3 is 4. The summed E-state index contributed by atoms with van der Waals surface area (Å²) in [5, 5.41) is 10.3. The maximum atomic E-state index is 13.4. The van der Waals surface area contributed by atoms with Crippen molar-refractivity contribution in [1.82, 2.24) is 0 Å². The maximum absolute atomic E-state index is 13.4. The lowest BCUT2D eigenvalue weighted by atomic mass is 9.84. The van der Waals surface area contributed by atoms with Gasteiger partial charge in [0, 0.05) is 17.0 Å². The standard InChI is InChI=1S/C28H24O9/c1-32-19-8-5-14(11-18(19)29)17-13-23(30)36-20-10-7-16-25(31)22(37-27(16)24(17)20)12-15-6-9-21(33-2)28(35-4)26(15)34-3/h5-12,17,29H,13H2,1-4H3/b22-12-/t17-/m0/s1. The van der Waals surface area contributed by atoms with Crippen molar-refractivity contribution in [1.29, 1.82) is 0 Å². The Morgan fingerprint density at radius 1 is 0.865 bits per heavy atom. The zero-order valence-electron chi connectivity index (χ0n) is 20.6. The summed E-state index contributed by atoms with van der Waals surface area (Å²) in [6, 6.07) is 11.5. The first-order chi connectivity index (χ1) is 17.9. The van der Waals surface area contributed by atoms with Gasteiger partial charge in [0.25, 0.3) is 0 Å². The van der Waals surface area contributed by atoms with Gasteiger partial charge in [-0.2, -0.15) is 0 Å². The summed E-state index contributed by atoms with van der Waals surface area (Å²) < 4.78 is 33.0. The van der Waals surface area contributed by atoms with Crippen molar-refractivity contribution < 1.29 is 43.1 Å². The molecule has 2 heterocycles. The number of phenols is 1.